The molecule has 2 rings (SSSR count). The molecule has 0 heterocycles. The van der Waals surface area contributed by atoms with Gasteiger partial charge in [0.1, 0.15) is 24.2 Å². The van der Waals surface area contributed by atoms with Crippen molar-refractivity contribution < 1.29 is 27.4 Å². The second kappa shape index (κ2) is 12.0. The van der Waals surface area contributed by atoms with Crippen LogP contribution in [-0.4, -0.2) is 39.6 Å². The fraction of sp³-hybridized carbons (Fsp3) is 0.409. The molecule has 6 nitrogen and oxygen atoms in total. The first-order valence-electron chi connectivity index (χ1n) is 9.91. The summed E-state index contributed by atoms with van der Waals surface area (Å²) >= 11 is 18.2. The van der Waals surface area contributed by atoms with Crippen LogP contribution < -0.4 is 9.47 Å². The summed E-state index contributed by atoms with van der Waals surface area (Å²) in [6, 6.07) is 8.42. The van der Waals surface area contributed by atoms with Crippen molar-refractivity contribution in [2.24, 2.45) is 5.92 Å². The summed E-state index contributed by atoms with van der Waals surface area (Å²) < 4.78 is 42.3. The van der Waals surface area contributed by atoms with E-state index in [1.807, 2.05) is 0 Å². The van der Waals surface area contributed by atoms with E-state index in [4.69, 9.17) is 49.0 Å². The molecule has 0 unspecified atom stereocenters. The Bertz CT molecular complexity index is 1040. The van der Waals surface area contributed by atoms with Crippen molar-refractivity contribution in [3.8, 4) is 11.5 Å². The van der Waals surface area contributed by atoms with E-state index in [1.165, 1.54) is 43.3 Å². The van der Waals surface area contributed by atoms with Crippen LogP contribution in [0.3, 0.4) is 0 Å². The molecule has 32 heavy (non-hydrogen) atoms. The summed E-state index contributed by atoms with van der Waals surface area (Å²) in [5, 5.41) is 0.292. The van der Waals surface area contributed by atoms with Crippen molar-refractivity contribution in [1.82, 2.24) is 0 Å². The van der Waals surface area contributed by atoms with E-state index in [-0.39, 0.29) is 38.1 Å². The van der Waals surface area contributed by atoms with E-state index in [1.54, 1.807) is 0 Å². The molecule has 0 aliphatic heterocycles. The Hall–Kier alpha value is -1.67. The number of alkyl halides is 1. The molecule has 0 fully saturated rings. The molecule has 0 N–H and O–H groups in total. The van der Waals surface area contributed by atoms with Crippen molar-refractivity contribution in [2.45, 2.75) is 43.1 Å². The molecule has 0 saturated heterocycles. The molecular weight excluding hydrogens is 499 g/mol. The zero-order chi connectivity index (χ0) is 23.9. The van der Waals surface area contributed by atoms with Gasteiger partial charge in [-0.1, -0.05) is 43.5 Å². The second-order valence-electron chi connectivity index (χ2n) is 7.21. The lowest BCUT2D eigenvalue weighted by Crippen LogP contribution is -2.25. The van der Waals surface area contributed by atoms with Gasteiger partial charge in [-0.2, -0.15) is 0 Å². The molecule has 2 atom stereocenters. The lowest BCUT2D eigenvalue weighted by Gasteiger charge is -2.16. The van der Waals surface area contributed by atoms with Gasteiger partial charge < -0.3 is 14.2 Å². The molecule has 0 saturated carbocycles. The summed E-state index contributed by atoms with van der Waals surface area (Å²) in [6.45, 7) is 5.84. The number of hydrogen-bond acceptors (Lipinski definition) is 6. The largest absolute Gasteiger partial charge is 0.492 e. The minimum absolute atomic E-state index is 0.0141. The van der Waals surface area contributed by atoms with Gasteiger partial charge in [0.15, 0.2) is 0 Å². The van der Waals surface area contributed by atoms with Crippen LogP contribution in [0, 0.1) is 5.92 Å². The maximum absolute atomic E-state index is 13.0. The smallest absolute Gasteiger partial charge is 0.303 e. The summed E-state index contributed by atoms with van der Waals surface area (Å²) in [5.74, 6) is 0.573. The number of benzene rings is 2. The van der Waals surface area contributed by atoms with Crippen molar-refractivity contribution >= 4 is 50.6 Å². The third-order valence-electron chi connectivity index (χ3n) is 4.58. The predicted molar refractivity (Wildman–Crippen MR) is 125 cm³/mol. The van der Waals surface area contributed by atoms with Crippen molar-refractivity contribution in [3.05, 3.63) is 46.4 Å². The lowest BCUT2D eigenvalue weighted by atomic mass is 10.1. The van der Waals surface area contributed by atoms with Gasteiger partial charge in [0.2, 0.25) is 9.84 Å². The molecule has 0 spiro atoms. The predicted octanol–water partition coefficient (Wildman–Crippen LogP) is 5.80. The van der Waals surface area contributed by atoms with E-state index in [9.17, 15) is 13.2 Å². The molecule has 0 bridgehead atoms. The summed E-state index contributed by atoms with van der Waals surface area (Å²) in [5.41, 5.74) is 0. The molecule has 0 amide bonds. The number of hydrogen-bond donors (Lipinski definition) is 0. The topological polar surface area (TPSA) is 78.9 Å². The van der Waals surface area contributed by atoms with Crippen LogP contribution in [0.1, 0.15) is 27.2 Å². The van der Waals surface area contributed by atoms with Crippen LogP contribution in [0.4, 0.5) is 0 Å². The Morgan fingerprint density at radius 2 is 1.47 bits per heavy atom. The number of halogens is 3. The van der Waals surface area contributed by atoms with Crippen molar-refractivity contribution in [1.29, 1.82) is 0 Å². The van der Waals surface area contributed by atoms with Gasteiger partial charge in [-0.3, -0.25) is 4.79 Å². The van der Waals surface area contributed by atoms with Crippen LogP contribution in [-0.2, 0) is 19.4 Å². The van der Waals surface area contributed by atoms with Gasteiger partial charge in [-0.25, -0.2) is 8.42 Å². The Balaban J connectivity index is 2.17. The van der Waals surface area contributed by atoms with E-state index < -0.39 is 21.9 Å². The Morgan fingerprint density at radius 3 is 1.88 bits per heavy atom. The quantitative estimate of drug-likeness (QED) is 0.273. The Morgan fingerprint density at radius 1 is 0.969 bits per heavy atom. The highest BCUT2D eigenvalue weighted by molar-refractivity contribution is 7.91. The number of carbonyl (C=O) groups excluding carboxylic acids is 1. The first kappa shape index (κ1) is 26.6. The van der Waals surface area contributed by atoms with Crippen LogP contribution in [0.15, 0.2) is 46.2 Å². The normalized spacial score (nSPS) is 13.3. The maximum Gasteiger partial charge on any atom is 0.303 e. The van der Waals surface area contributed by atoms with E-state index >= 15 is 0 Å². The lowest BCUT2D eigenvalue weighted by molar-refractivity contribution is -0.146. The van der Waals surface area contributed by atoms with Gasteiger partial charge in [0.05, 0.1) is 32.3 Å². The first-order chi connectivity index (χ1) is 15.1. The summed E-state index contributed by atoms with van der Waals surface area (Å²) in [6.07, 6.45) is 0.303. The third-order valence-corrected chi connectivity index (χ3v) is 7.26. The van der Waals surface area contributed by atoms with Crippen LogP contribution in [0.25, 0.3) is 0 Å². The second-order valence-corrected chi connectivity index (χ2v) is 10.3. The number of ether oxygens (including phenoxy) is 3. The maximum atomic E-state index is 13.0. The van der Waals surface area contributed by atoms with Gasteiger partial charge >= 0.3 is 5.97 Å². The zero-order valence-corrected chi connectivity index (χ0v) is 21.0. The van der Waals surface area contributed by atoms with Gasteiger partial charge in [-0.05, 0) is 42.3 Å². The zero-order valence-electron chi connectivity index (χ0n) is 17.9. The highest BCUT2D eigenvalue weighted by atomic mass is 35.5. The molecule has 0 aromatic heterocycles. The minimum Gasteiger partial charge on any atom is -0.492 e. The van der Waals surface area contributed by atoms with Gasteiger partial charge in [-0.15, -0.1) is 11.6 Å². The van der Waals surface area contributed by atoms with Gasteiger partial charge in [0.25, 0.3) is 0 Å². The van der Waals surface area contributed by atoms with Crippen LogP contribution in [0.2, 0.25) is 10.0 Å². The number of rotatable bonds is 11. The van der Waals surface area contributed by atoms with E-state index in [2.05, 4.69) is 13.8 Å². The summed E-state index contributed by atoms with van der Waals surface area (Å²) in [7, 11) is -3.88. The molecule has 2 aromatic rings. The Labute approximate surface area is 203 Å². The molecule has 0 aliphatic rings. The molecule has 0 aliphatic carbocycles. The minimum atomic E-state index is -3.88. The first-order valence-corrected chi connectivity index (χ1v) is 12.7. The fourth-order valence-corrected chi connectivity index (χ4v) is 4.61. The molecule has 0 radical (unpaired) electrons. The van der Waals surface area contributed by atoms with Crippen molar-refractivity contribution in [3.63, 3.8) is 0 Å². The monoisotopic (exact) mass is 522 g/mol. The summed E-state index contributed by atoms with van der Waals surface area (Å²) in [4.78, 5) is 11.1. The van der Waals surface area contributed by atoms with E-state index in [0.717, 1.165) is 6.42 Å². The third kappa shape index (κ3) is 7.17. The Kier molecular flexibility index (Phi) is 9.95. The molecule has 10 heteroatoms. The van der Waals surface area contributed by atoms with Crippen LogP contribution >= 0.6 is 34.8 Å². The number of carbonyl (C=O) groups is 1. The highest BCUT2D eigenvalue weighted by Crippen LogP contribution is 2.33. The van der Waals surface area contributed by atoms with Crippen LogP contribution in [0.5, 0.6) is 11.5 Å². The number of sulfone groups is 1. The standard InChI is InChI=1S/C22H25Cl3O6S/c1-4-14(2)12-29-21-7-5-17(9-19(21)24)32(27,28)18-6-8-22(20(25)10-18)30-13-16(11-23)31-15(3)26/h5-10,14,16H,4,11-13H2,1-3H3/t14-,16+/m0/s1. The molecular formula is C22H25Cl3O6S. The molecule has 2 aromatic carbocycles. The van der Waals surface area contributed by atoms with Crippen molar-refractivity contribution in [2.75, 3.05) is 19.1 Å². The SMILES string of the molecule is CC[C@H](C)COc1ccc(S(=O)(=O)c2ccc(OC[C@@H](CCl)OC(C)=O)c(Cl)c2)cc1Cl. The highest BCUT2D eigenvalue weighted by Gasteiger charge is 2.21. The fourth-order valence-electron chi connectivity index (χ4n) is 2.55. The molecule has 176 valence electrons. The average molecular weight is 524 g/mol. The van der Waals surface area contributed by atoms with Gasteiger partial charge in [0, 0.05) is 6.92 Å². The van der Waals surface area contributed by atoms with E-state index in [0.29, 0.717) is 18.3 Å². The average Bonchev–Trinajstić information content (AvgIpc) is 2.75. The number of esters is 1.